The van der Waals surface area contributed by atoms with Crippen LogP contribution >= 0.6 is 0 Å². The first-order chi connectivity index (χ1) is 15.0. The van der Waals surface area contributed by atoms with Gasteiger partial charge in [0.25, 0.3) is 5.91 Å². The van der Waals surface area contributed by atoms with Crippen molar-refractivity contribution in [1.82, 2.24) is 14.5 Å². The lowest BCUT2D eigenvalue weighted by Crippen LogP contribution is -2.41. The monoisotopic (exact) mass is 441 g/mol. The predicted molar refractivity (Wildman–Crippen MR) is 113 cm³/mol. The molecule has 1 aromatic carbocycles. The third kappa shape index (κ3) is 3.00. The molecular formula is C22H25BFN3O5. The Labute approximate surface area is 185 Å². The Balaban J connectivity index is 1.50. The molecule has 32 heavy (non-hydrogen) atoms. The normalized spacial score (nSPS) is 21.7. The van der Waals surface area contributed by atoms with Gasteiger partial charge in [0.1, 0.15) is 5.82 Å². The van der Waals surface area contributed by atoms with Crippen molar-refractivity contribution in [3.63, 3.8) is 0 Å². The van der Waals surface area contributed by atoms with Crippen LogP contribution in [-0.4, -0.2) is 49.8 Å². The molecule has 1 atom stereocenters. The van der Waals surface area contributed by atoms with Gasteiger partial charge in [0, 0.05) is 23.4 Å². The molecule has 168 valence electrons. The maximum atomic E-state index is 15.1. The van der Waals surface area contributed by atoms with E-state index >= 15 is 4.39 Å². The maximum Gasteiger partial charge on any atom is 0.494 e. The number of nitrogens with zero attached hydrogens (tertiary/aromatic N) is 3. The first kappa shape index (κ1) is 21.1. The minimum Gasteiger partial charge on any atom is -0.479 e. The van der Waals surface area contributed by atoms with Crippen LogP contribution in [0.5, 0.6) is 0 Å². The minimum absolute atomic E-state index is 0.132. The van der Waals surface area contributed by atoms with E-state index in [4.69, 9.17) is 9.31 Å². The van der Waals surface area contributed by atoms with E-state index < -0.39 is 42.1 Å². The van der Waals surface area contributed by atoms with Crippen LogP contribution in [0, 0.1) is 5.82 Å². The van der Waals surface area contributed by atoms with Gasteiger partial charge in [0.05, 0.1) is 29.8 Å². The van der Waals surface area contributed by atoms with Crippen LogP contribution in [0.2, 0.25) is 0 Å². The highest BCUT2D eigenvalue weighted by molar-refractivity contribution is 6.62. The number of carboxylic acids is 1. The van der Waals surface area contributed by atoms with Gasteiger partial charge in [-0.1, -0.05) is 0 Å². The summed E-state index contributed by atoms with van der Waals surface area (Å²) in [4.78, 5) is 31.0. The predicted octanol–water partition coefficient (Wildman–Crippen LogP) is 2.05. The molecule has 3 aliphatic rings. The lowest BCUT2D eigenvalue weighted by Gasteiger charge is -2.32. The van der Waals surface area contributed by atoms with E-state index in [0.29, 0.717) is 17.6 Å². The van der Waals surface area contributed by atoms with Gasteiger partial charge in [0.2, 0.25) is 0 Å². The van der Waals surface area contributed by atoms with Crippen LogP contribution in [0.4, 0.5) is 4.39 Å². The van der Waals surface area contributed by atoms with E-state index in [1.807, 2.05) is 32.3 Å². The number of amides is 1. The summed E-state index contributed by atoms with van der Waals surface area (Å²) in [6, 6.07) is 1.59. The van der Waals surface area contributed by atoms with Gasteiger partial charge >= 0.3 is 13.1 Å². The second kappa shape index (κ2) is 6.89. The second-order valence-electron chi connectivity index (χ2n) is 9.66. The molecular weight excluding hydrogens is 416 g/mol. The van der Waals surface area contributed by atoms with Crippen LogP contribution in [0.25, 0.3) is 0 Å². The van der Waals surface area contributed by atoms with Crippen molar-refractivity contribution in [2.45, 2.75) is 70.9 Å². The van der Waals surface area contributed by atoms with Crippen molar-refractivity contribution in [1.29, 1.82) is 0 Å². The van der Waals surface area contributed by atoms with Crippen LogP contribution in [0.15, 0.2) is 18.5 Å². The van der Waals surface area contributed by atoms with Crippen molar-refractivity contribution >= 4 is 24.5 Å². The summed E-state index contributed by atoms with van der Waals surface area (Å²) in [5.41, 5.74) is 0.652. The van der Waals surface area contributed by atoms with Gasteiger partial charge < -0.3 is 23.9 Å². The van der Waals surface area contributed by atoms with E-state index in [1.54, 1.807) is 12.4 Å². The molecule has 0 bridgehead atoms. The fourth-order valence-electron chi connectivity index (χ4n) is 4.66. The number of carboxylic acid groups (broad SMARTS) is 1. The van der Waals surface area contributed by atoms with Crippen molar-refractivity contribution in [2.75, 3.05) is 0 Å². The molecule has 2 aromatic rings. The van der Waals surface area contributed by atoms with Crippen molar-refractivity contribution in [3.05, 3.63) is 46.8 Å². The van der Waals surface area contributed by atoms with Crippen LogP contribution < -0.4 is 5.46 Å². The maximum absolute atomic E-state index is 15.1. The quantitative estimate of drug-likeness (QED) is 0.731. The first-order valence-electron chi connectivity index (χ1n) is 10.8. The SMILES string of the molecule is CC1(C)OB(c2cc(F)c3c(c2)C(=O)N(C(C(=O)O)c2ncn4c2CCC4)C3)OC1(C)C. The molecule has 1 unspecified atom stereocenters. The smallest absolute Gasteiger partial charge is 0.479 e. The topological polar surface area (TPSA) is 93.9 Å². The molecule has 1 fully saturated rings. The Kier molecular flexibility index (Phi) is 4.55. The summed E-state index contributed by atoms with van der Waals surface area (Å²) in [6.07, 6.45) is 3.21. The zero-order chi connectivity index (χ0) is 23.0. The largest absolute Gasteiger partial charge is 0.494 e. The number of aliphatic carboxylic acids is 1. The molecule has 10 heteroatoms. The molecule has 4 heterocycles. The number of carbonyl (C=O) groups is 2. The van der Waals surface area contributed by atoms with Gasteiger partial charge in [-0.3, -0.25) is 4.79 Å². The molecule has 0 spiro atoms. The van der Waals surface area contributed by atoms with Gasteiger partial charge in [-0.25, -0.2) is 14.2 Å². The van der Waals surface area contributed by atoms with Crippen molar-refractivity contribution in [3.8, 4) is 0 Å². The number of aromatic nitrogens is 2. The zero-order valence-electron chi connectivity index (χ0n) is 18.5. The average Bonchev–Trinajstić information content (AvgIpc) is 3.42. The van der Waals surface area contributed by atoms with Crippen molar-refractivity contribution in [2.24, 2.45) is 0 Å². The number of aryl methyl sites for hydroxylation is 1. The number of rotatable bonds is 4. The van der Waals surface area contributed by atoms with Gasteiger partial charge in [-0.2, -0.15) is 0 Å². The molecule has 1 amide bonds. The van der Waals surface area contributed by atoms with Crippen LogP contribution in [-0.2, 0) is 33.6 Å². The van der Waals surface area contributed by atoms with Crippen LogP contribution in [0.1, 0.15) is 67.5 Å². The van der Waals surface area contributed by atoms with E-state index in [-0.39, 0.29) is 17.7 Å². The van der Waals surface area contributed by atoms with E-state index in [9.17, 15) is 14.7 Å². The summed E-state index contributed by atoms with van der Waals surface area (Å²) in [5, 5.41) is 9.97. The molecule has 1 saturated heterocycles. The van der Waals surface area contributed by atoms with Gasteiger partial charge in [0.15, 0.2) is 6.04 Å². The van der Waals surface area contributed by atoms with E-state index in [2.05, 4.69) is 4.98 Å². The highest BCUT2D eigenvalue weighted by atomic mass is 19.1. The molecule has 0 aliphatic carbocycles. The van der Waals surface area contributed by atoms with Crippen LogP contribution in [0.3, 0.4) is 0 Å². The van der Waals surface area contributed by atoms with E-state index in [1.165, 1.54) is 11.0 Å². The highest BCUT2D eigenvalue weighted by Gasteiger charge is 2.52. The molecule has 1 aromatic heterocycles. The summed E-state index contributed by atoms with van der Waals surface area (Å²) in [6.45, 7) is 8.21. The number of halogens is 1. The summed E-state index contributed by atoms with van der Waals surface area (Å²) in [7, 11) is -0.826. The zero-order valence-corrected chi connectivity index (χ0v) is 18.5. The molecule has 1 N–H and O–H groups in total. The minimum atomic E-state index is -1.27. The van der Waals surface area contributed by atoms with Gasteiger partial charge in [-0.05, 0) is 58.1 Å². The lowest BCUT2D eigenvalue weighted by molar-refractivity contribution is -0.142. The third-order valence-corrected chi connectivity index (χ3v) is 7.16. The average molecular weight is 441 g/mol. The fourth-order valence-corrected chi connectivity index (χ4v) is 4.66. The molecule has 3 aliphatic heterocycles. The Bertz CT molecular complexity index is 1130. The van der Waals surface area contributed by atoms with Gasteiger partial charge in [-0.15, -0.1) is 0 Å². The standard InChI is InChI=1S/C22H25BFN3O5/c1-21(2)22(3,4)32-23(31-21)12-8-13-14(15(24)9-12)10-27(19(13)28)18(20(29)30)17-16-6-5-7-26(16)11-25-17/h8-9,11,18H,5-7,10H2,1-4H3,(H,29,30). The molecule has 5 rings (SSSR count). The number of benzene rings is 1. The number of fused-ring (bicyclic) bond motifs is 2. The fraction of sp³-hybridized carbons (Fsp3) is 0.500. The Hall–Kier alpha value is -2.72. The number of hydrogen-bond acceptors (Lipinski definition) is 5. The Morgan fingerprint density at radius 2 is 1.94 bits per heavy atom. The Morgan fingerprint density at radius 1 is 1.25 bits per heavy atom. The number of carbonyl (C=O) groups excluding carboxylic acids is 1. The first-order valence-corrected chi connectivity index (χ1v) is 10.8. The Morgan fingerprint density at radius 3 is 2.59 bits per heavy atom. The molecule has 0 saturated carbocycles. The molecule has 8 nitrogen and oxygen atoms in total. The summed E-state index contributed by atoms with van der Waals surface area (Å²) >= 11 is 0. The summed E-state index contributed by atoms with van der Waals surface area (Å²) < 4.78 is 29.0. The highest BCUT2D eigenvalue weighted by Crippen LogP contribution is 2.38. The lowest BCUT2D eigenvalue weighted by atomic mass is 9.77. The van der Waals surface area contributed by atoms with Crippen molar-refractivity contribution < 1.29 is 28.4 Å². The number of imidazole rings is 1. The second-order valence-corrected chi connectivity index (χ2v) is 9.66. The molecule has 0 radical (unpaired) electrons. The van der Waals surface area contributed by atoms with E-state index in [0.717, 1.165) is 18.7 Å². The summed E-state index contributed by atoms with van der Waals surface area (Å²) in [5.74, 6) is -2.31. The third-order valence-electron chi connectivity index (χ3n) is 7.16. The number of hydrogen-bond donors (Lipinski definition) is 1.